The Morgan fingerprint density at radius 1 is 1.02 bits per heavy atom. The molecule has 3 saturated heterocycles. The fraction of sp³-hybridized carbons (Fsp3) is 0.382. The van der Waals surface area contributed by atoms with Gasteiger partial charge in [0.25, 0.3) is 0 Å². The van der Waals surface area contributed by atoms with E-state index in [4.69, 9.17) is 9.72 Å². The third-order valence-corrected chi connectivity index (χ3v) is 9.58. The van der Waals surface area contributed by atoms with Crippen LogP contribution in [0.2, 0.25) is 0 Å². The molecule has 7 rings (SSSR count). The molecule has 9 heteroatoms. The average Bonchev–Trinajstić information content (AvgIpc) is 3.60. The minimum absolute atomic E-state index is 0.0245. The van der Waals surface area contributed by atoms with E-state index in [1.807, 2.05) is 25.1 Å². The van der Waals surface area contributed by atoms with Crippen LogP contribution in [-0.4, -0.2) is 76.6 Å². The van der Waals surface area contributed by atoms with Gasteiger partial charge in [0, 0.05) is 42.0 Å². The van der Waals surface area contributed by atoms with Crippen molar-refractivity contribution in [3.63, 3.8) is 0 Å². The second kappa shape index (κ2) is 10.9. The standard InChI is InChI=1S/C34H35F2N5O2/c1-3-28(42)39-18-19-41(22(2)20-39)32-26-13-12-25(24-10-4-8-23-9-5-11-27(35)29(23)24)30(36)31(26)37-33(38-32)43-21-34-14-6-16-40(34)17-7-15-34/h3-5,8-13,22H,1,6-7,14-21H2,2H3/t22-/m1/s1. The molecule has 3 aliphatic heterocycles. The summed E-state index contributed by atoms with van der Waals surface area (Å²) in [5.41, 5.74) is 0.844. The molecule has 0 spiro atoms. The number of halogens is 2. The number of rotatable bonds is 6. The van der Waals surface area contributed by atoms with Gasteiger partial charge >= 0.3 is 6.01 Å². The quantitative estimate of drug-likeness (QED) is 0.261. The van der Waals surface area contributed by atoms with Crippen molar-refractivity contribution in [1.82, 2.24) is 19.8 Å². The van der Waals surface area contributed by atoms with E-state index in [-0.39, 0.29) is 34.6 Å². The number of amides is 1. The fourth-order valence-electron chi connectivity index (χ4n) is 7.40. The monoisotopic (exact) mass is 583 g/mol. The van der Waals surface area contributed by atoms with Crippen molar-refractivity contribution in [2.45, 2.75) is 44.2 Å². The lowest BCUT2D eigenvalue weighted by Crippen LogP contribution is -2.53. The Kier molecular flexibility index (Phi) is 7.00. The predicted molar refractivity (Wildman–Crippen MR) is 164 cm³/mol. The summed E-state index contributed by atoms with van der Waals surface area (Å²) in [5, 5.41) is 1.61. The van der Waals surface area contributed by atoms with E-state index >= 15 is 8.78 Å². The number of piperazine rings is 1. The highest BCUT2D eigenvalue weighted by molar-refractivity contribution is 6.01. The molecule has 1 amide bonds. The molecule has 0 radical (unpaired) electrons. The number of carbonyl (C=O) groups is 1. The maximum atomic E-state index is 16.6. The SMILES string of the molecule is C=CC(=O)N1CCN(c2nc(OCC34CCCN3CCC4)nc3c(F)c(-c4cccc5cccc(F)c45)ccc23)[C@H](C)C1. The lowest BCUT2D eigenvalue weighted by atomic mass is 9.95. The zero-order valence-electron chi connectivity index (χ0n) is 24.4. The summed E-state index contributed by atoms with van der Waals surface area (Å²) in [7, 11) is 0. The summed E-state index contributed by atoms with van der Waals surface area (Å²) in [6.45, 7) is 9.72. The van der Waals surface area contributed by atoms with Crippen molar-refractivity contribution in [2.75, 3.05) is 44.2 Å². The Balaban J connectivity index is 1.33. The number of anilines is 1. The number of hydrogen-bond donors (Lipinski definition) is 0. The normalized spacial score (nSPS) is 20.1. The summed E-state index contributed by atoms with van der Waals surface area (Å²) in [4.78, 5) is 28.2. The van der Waals surface area contributed by atoms with Crippen LogP contribution in [0.5, 0.6) is 6.01 Å². The van der Waals surface area contributed by atoms with Gasteiger partial charge in [-0.2, -0.15) is 9.97 Å². The van der Waals surface area contributed by atoms with Gasteiger partial charge in [-0.15, -0.1) is 0 Å². The highest BCUT2D eigenvalue weighted by atomic mass is 19.1. The number of ether oxygens (including phenoxy) is 1. The summed E-state index contributed by atoms with van der Waals surface area (Å²) in [6.07, 6.45) is 5.73. The van der Waals surface area contributed by atoms with Gasteiger partial charge in [0.05, 0.1) is 5.54 Å². The van der Waals surface area contributed by atoms with Gasteiger partial charge in [0.2, 0.25) is 5.91 Å². The van der Waals surface area contributed by atoms with Crippen molar-refractivity contribution in [3.05, 3.63) is 72.8 Å². The summed E-state index contributed by atoms with van der Waals surface area (Å²) in [5.74, 6) is -0.493. The van der Waals surface area contributed by atoms with Crippen LogP contribution in [0.25, 0.3) is 32.8 Å². The topological polar surface area (TPSA) is 61.8 Å². The molecule has 0 N–H and O–H groups in total. The summed E-state index contributed by atoms with van der Waals surface area (Å²) < 4.78 is 38.0. The molecule has 1 atom stereocenters. The molecule has 43 heavy (non-hydrogen) atoms. The fourth-order valence-corrected chi connectivity index (χ4v) is 7.40. The summed E-state index contributed by atoms with van der Waals surface area (Å²) in [6, 6.07) is 13.8. The van der Waals surface area contributed by atoms with Crippen LogP contribution in [0.1, 0.15) is 32.6 Å². The van der Waals surface area contributed by atoms with Crippen LogP contribution in [0.15, 0.2) is 61.2 Å². The van der Waals surface area contributed by atoms with E-state index in [2.05, 4.69) is 21.4 Å². The van der Waals surface area contributed by atoms with E-state index in [0.29, 0.717) is 53.8 Å². The Morgan fingerprint density at radius 2 is 1.79 bits per heavy atom. The molecule has 3 aliphatic rings. The maximum Gasteiger partial charge on any atom is 0.319 e. The highest BCUT2D eigenvalue weighted by Gasteiger charge is 2.45. The first kappa shape index (κ1) is 27.7. The molecule has 3 aromatic carbocycles. The Bertz CT molecular complexity index is 1730. The Morgan fingerprint density at radius 3 is 2.53 bits per heavy atom. The zero-order chi connectivity index (χ0) is 29.7. The molecule has 1 aromatic heterocycles. The first-order chi connectivity index (χ1) is 20.9. The third-order valence-electron chi connectivity index (χ3n) is 9.58. The van der Waals surface area contributed by atoms with Gasteiger partial charge in [0.1, 0.15) is 23.8 Å². The lowest BCUT2D eigenvalue weighted by molar-refractivity contribution is -0.126. The Hall–Kier alpha value is -4.11. The molecule has 0 bridgehead atoms. The number of nitrogens with zero attached hydrogens (tertiary/aromatic N) is 5. The van der Waals surface area contributed by atoms with E-state index in [1.165, 1.54) is 12.1 Å². The van der Waals surface area contributed by atoms with Crippen molar-refractivity contribution in [2.24, 2.45) is 0 Å². The first-order valence-electron chi connectivity index (χ1n) is 15.1. The first-order valence-corrected chi connectivity index (χ1v) is 15.1. The summed E-state index contributed by atoms with van der Waals surface area (Å²) >= 11 is 0. The van der Waals surface area contributed by atoms with E-state index in [0.717, 1.165) is 38.8 Å². The third kappa shape index (κ3) is 4.70. The van der Waals surface area contributed by atoms with Crippen LogP contribution < -0.4 is 9.64 Å². The molecule has 4 aromatic rings. The average molecular weight is 584 g/mol. The van der Waals surface area contributed by atoms with Crippen molar-refractivity contribution >= 4 is 33.4 Å². The Labute approximate surface area is 249 Å². The van der Waals surface area contributed by atoms with Gasteiger partial charge in [-0.1, -0.05) is 43.0 Å². The largest absolute Gasteiger partial charge is 0.461 e. The number of hydrogen-bond acceptors (Lipinski definition) is 6. The van der Waals surface area contributed by atoms with Gasteiger partial charge in [-0.05, 0) is 74.9 Å². The van der Waals surface area contributed by atoms with Crippen LogP contribution in [0, 0.1) is 11.6 Å². The molecular formula is C34H35F2N5O2. The number of carbonyl (C=O) groups excluding carboxylic acids is 1. The van der Waals surface area contributed by atoms with Crippen molar-refractivity contribution < 1.29 is 18.3 Å². The number of benzene rings is 3. The minimum Gasteiger partial charge on any atom is -0.461 e. The van der Waals surface area contributed by atoms with Gasteiger partial charge in [0.15, 0.2) is 5.82 Å². The lowest BCUT2D eigenvalue weighted by Gasteiger charge is -2.40. The van der Waals surface area contributed by atoms with Crippen LogP contribution >= 0.6 is 0 Å². The second-order valence-electron chi connectivity index (χ2n) is 12.0. The molecule has 222 valence electrons. The molecule has 3 fully saturated rings. The highest BCUT2D eigenvalue weighted by Crippen LogP contribution is 2.40. The number of aromatic nitrogens is 2. The van der Waals surface area contributed by atoms with Gasteiger partial charge < -0.3 is 14.5 Å². The predicted octanol–water partition coefficient (Wildman–Crippen LogP) is 5.96. The molecule has 7 nitrogen and oxygen atoms in total. The smallest absolute Gasteiger partial charge is 0.319 e. The van der Waals surface area contributed by atoms with Crippen molar-refractivity contribution in [1.29, 1.82) is 0 Å². The van der Waals surface area contributed by atoms with Crippen LogP contribution in [0.3, 0.4) is 0 Å². The molecule has 4 heterocycles. The van der Waals surface area contributed by atoms with E-state index in [1.54, 1.807) is 29.2 Å². The minimum atomic E-state index is -0.545. The molecule has 0 saturated carbocycles. The van der Waals surface area contributed by atoms with Crippen LogP contribution in [-0.2, 0) is 4.79 Å². The van der Waals surface area contributed by atoms with Gasteiger partial charge in [-0.25, -0.2) is 8.78 Å². The van der Waals surface area contributed by atoms with Crippen molar-refractivity contribution in [3.8, 4) is 17.1 Å². The molecule has 0 unspecified atom stereocenters. The van der Waals surface area contributed by atoms with E-state index in [9.17, 15) is 4.79 Å². The maximum absolute atomic E-state index is 16.6. The van der Waals surface area contributed by atoms with Crippen LogP contribution in [0.4, 0.5) is 14.6 Å². The van der Waals surface area contributed by atoms with Gasteiger partial charge in [-0.3, -0.25) is 9.69 Å². The second-order valence-corrected chi connectivity index (χ2v) is 12.0. The zero-order valence-corrected chi connectivity index (χ0v) is 24.4. The molecule has 0 aliphatic carbocycles. The number of fused-ring (bicyclic) bond motifs is 3. The molecular weight excluding hydrogens is 548 g/mol. The van der Waals surface area contributed by atoms with E-state index < -0.39 is 11.6 Å².